The van der Waals surface area contributed by atoms with E-state index in [2.05, 4.69) is 11.4 Å². The van der Waals surface area contributed by atoms with Crippen LogP contribution in [0, 0.1) is 6.92 Å². The molecule has 0 saturated carbocycles. The van der Waals surface area contributed by atoms with E-state index in [1.165, 1.54) is 5.56 Å². The Balaban J connectivity index is 1.86. The molecule has 0 aromatic heterocycles. The van der Waals surface area contributed by atoms with Crippen molar-refractivity contribution in [1.82, 2.24) is 5.32 Å². The number of hydrogen-bond donors (Lipinski definition) is 2. The van der Waals surface area contributed by atoms with Gasteiger partial charge in [0.15, 0.2) is 0 Å². The molecular weight excluding hydrogens is 250 g/mol. The highest BCUT2D eigenvalue weighted by Gasteiger charge is 2.04. The second kappa shape index (κ2) is 6.96. The molecule has 0 spiro atoms. The number of phenolic OH excluding ortho intramolecular Hbond substituents is 1. The number of hydrogen-bond acceptors (Lipinski definition) is 3. The summed E-state index contributed by atoms with van der Waals surface area (Å²) in [4.78, 5) is 0. The van der Waals surface area contributed by atoms with Crippen LogP contribution in [0.3, 0.4) is 0 Å². The van der Waals surface area contributed by atoms with Crippen molar-refractivity contribution in [3.05, 3.63) is 59.2 Å². The molecule has 2 N–H and O–H groups in total. The van der Waals surface area contributed by atoms with Crippen molar-refractivity contribution in [2.45, 2.75) is 19.9 Å². The molecule has 106 valence electrons. The van der Waals surface area contributed by atoms with E-state index < -0.39 is 0 Å². The van der Waals surface area contributed by atoms with Crippen LogP contribution in [-0.2, 0) is 13.0 Å². The van der Waals surface area contributed by atoms with Gasteiger partial charge in [0.05, 0.1) is 7.11 Å². The summed E-state index contributed by atoms with van der Waals surface area (Å²) in [6, 6.07) is 13.9. The third kappa shape index (κ3) is 3.52. The summed E-state index contributed by atoms with van der Waals surface area (Å²) < 4.78 is 5.33. The number of ether oxygens (including phenoxy) is 1. The maximum atomic E-state index is 9.94. The minimum atomic E-state index is 0.386. The number of nitrogens with one attached hydrogen (secondary N) is 1. The molecular formula is C17H21NO2. The largest absolute Gasteiger partial charge is 0.507 e. The van der Waals surface area contributed by atoms with Gasteiger partial charge in [0.25, 0.3) is 0 Å². The van der Waals surface area contributed by atoms with E-state index in [9.17, 15) is 5.11 Å². The summed E-state index contributed by atoms with van der Waals surface area (Å²) in [6.45, 7) is 3.42. The lowest BCUT2D eigenvalue weighted by molar-refractivity contribution is 0.409. The lowest BCUT2D eigenvalue weighted by Crippen LogP contribution is -2.17. The van der Waals surface area contributed by atoms with Crippen LogP contribution < -0.4 is 10.1 Å². The van der Waals surface area contributed by atoms with Gasteiger partial charge in [-0.25, -0.2) is 0 Å². The van der Waals surface area contributed by atoms with Gasteiger partial charge in [0.2, 0.25) is 0 Å². The number of methoxy groups -OCH3 is 1. The molecule has 0 saturated heterocycles. The highest BCUT2D eigenvalue weighted by molar-refractivity contribution is 5.39. The van der Waals surface area contributed by atoms with E-state index in [-0.39, 0.29) is 0 Å². The molecule has 2 rings (SSSR count). The van der Waals surface area contributed by atoms with E-state index in [0.29, 0.717) is 12.3 Å². The predicted octanol–water partition coefficient (Wildman–Crippen LogP) is 3.04. The molecule has 20 heavy (non-hydrogen) atoms. The summed E-state index contributed by atoms with van der Waals surface area (Å²) in [6.07, 6.45) is 0.899. The number of benzene rings is 2. The van der Waals surface area contributed by atoms with Crippen LogP contribution in [0.1, 0.15) is 16.7 Å². The Kier molecular flexibility index (Phi) is 5.02. The van der Waals surface area contributed by atoms with Gasteiger partial charge < -0.3 is 15.2 Å². The van der Waals surface area contributed by atoms with Crippen molar-refractivity contribution >= 4 is 0 Å². The Morgan fingerprint density at radius 2 is 1.80 bits per heavy atom. The zero-order valence-corrected chi connectivity index (χ0v) is 12.0. The van der Waals surface area contributed by atoms with E-state index >= 15 is 0 Å². The Morgan fingerprint density at radius 1 is 1.05 bits per heavy atom. The number of aromatic hydroxyl groups is 1. The van der Waals surface area contributed by atoms with Gasteiger partial charge in [-0.2, -0.15) is 0 Å². The molecule has 0 unspecified atom stereocenters. The molecule has 2 aromatic rings. The standard InChI is InChI=1S/C17H21NO2/c1-13-6-5-8-15(17(13)19)12-18-11-10-14-7-3-4-9-16(14)20-2/h3-9,18-19H,10-12H2,1-2H3. The van der Waals surface area contributed by atoms with Gasteiger partial charge in [-0.3, -0.25) is 0 Å². The molecule has 0 aliphatic heterocycles. The predicted molar refractivity (Wildman–Crippen MR) is 81.2 cm³/mol. The molecule has 0 bridgehead atoms. The maximum Gasteiger partial charge on any atom is 0.122 e. The highest BCUT2D eigenvalue weighted by atomic mass is 16.5. The van der Waals surface area contributed by atoms with Gasteiger partial charge in [0, 0.05) is 12.1 Å². The number of aryl methyl sites for hydroxylation is 1. The average molecular weight is 271 g/mol. The fraction of sp³-hybridized carbons (Fsp3) is 0.294. The monoisotopic (exact) mass is 271 g/mol. The topological polar surface area (TPSA) is 41.5 Å². The SMILES string of the molecule is COc1ccccc1CCNCc1cccc(C)c1O. The lowest BCUT2D eigenvalue weighted by atomic mass is 10.1. The summed E-state index contributed by atoms with van der Waals surface area (Å²) in [5, 5.41) is 13.3. The van der Waals surface area contributed by atoms with E-state index in [1.807, 2.05) is 43.3 Å². The van der Waals surface area contributed by atoms with Crippen molar-refractivity contribution in [2.24, 2.45) is 0 Å². The third-order valence-corrected chi connectivity index (χ3v) is 3.40. The molecule has 3 heteroatoms. The minimum Gasteiger partial charge on any atom is -0.507 e. The zero-order valence-electron chi connectivity index (χ0n) is 12.0. The first-order valence-corrected chi connectivity index (χ1v) is 6.82. The average Bonchev–Trinajstić information content (AvgIpc) is 2.48. The molecule has 0 atom stereocenters. The summed E-state index contributed by atoms with van der Waals surface area (Å²) >= 11 is 0. The van der Waals surface area contributed by atoms with Gasteiger partial charge in [-0.15, -0.1) is 0 Å². The molecule has 0 radical (unpaired) electrons. The fourth-order valence-electron chi connectivity index (χ4n) is 2.22. The Morgan fingerprint density at radius 3 is 2.60 bits per heavy atom. The van der Waals surface area contributed by atoms with Crippen molar-refractivity contribution in [3.63, 3.8) is 0 Å². The maximum absolute atomic E-state index is 9.94. The van der Waals surface area contributed by atoms with E-state index in [1.54, 1.807) is 7.11 Å². The van der Waals surface area contributed by atoms with Gasteiger partial charge in [0.1, 0.15) is 11.5 Å². The van der Waals surface area contributed by atoms with Crippen LogP contribution in [0.4, 0.5) is 0 Å². The minimum absolute atomic E-state index is 0.386. The molecule has 0 heterocycles. The van der Waals surface area contributed by atoms with Crippen LogP contribution in [0.5, 0.6) is 11.5 Å². The smallest absolute Gasteiger partial charge is 0.122 e. The molecule has 3 nitrogen and oxygen atoms in total. The number of phenols is 1. The Labute approximate surface area is 120 Å². The molecule has 0 aliphatic carbocycles. The van der Waals surface area contributed by atoms with Crippen molar-refractivity contribution < 1.29 is 9.84 Å². The first-order valence-electron chi connectivity index (χ1n) is 6.82. The third-order valence-electron chi connectivity index (χ3n) is 3.40. The summed E-state index contributed by atoms with van der Waals surface area (Å²) in [5.74, 6) is 1.31. The molecule has 0 amide bonds. The van der Waals surface area contributed by atoms with Gasteiger partial charge in [-0.1, -0.05) is 36.4 Å². The summed E-state index contributed by atoms with van der Waals surface area (Å²) in [7, 11) is 1.69. The van der Waals surface area contributed by atoms with Gasteiger partial charge >= 0.3 is 0 Å². The Bertz CT molecular complexity index is 567. The van der Waals surface area contributed by atoms with Gasteiger partial charge in [-0.05, 0) is 37.1 Å². The van der Waals surface area contributed by atoms with Crippen LogP contribution in [0.2, 0.25) is 0 Å². The fourth-order valence-corrected chi connectivity index (χ4v) is 2.22. The van der Waals surface area contributed by atoms with Crippen molar-refractivity contribution in [3.8, 4) is 11.5 Å². The molecule has 0 fully saturated rings. The summed E-state index contributed by atoms with van der Waals surface area (Å²) in [5.41, 5.74) is 3.04. The van der Waals surface area contributed by atoms with Crippen molar-refractivity contribution in [1.29, 1.82) is 0 Å². The first kappa shape index (κ1) is 14.4. The quantitative estimate of drug-likeness (QED) is 0.793. The van der Waals surface area contributed by atoms with Crippen LogP contribution in [-0.4, -0.2) is 18.8 Å². The number of rotatable bonds is 6. The lowest BCUT2D eigenvalue weighted by Gasteiger charge is -2.10. The normalized spacial score (nSPS) is 10.5. The number of para-hydroxylation sites is 2. The van der Waals surface area contributed by atoms with Crippen LogP contribution in [0.25, 0.3) is 0 Å². The molecule has 2 aromatic carbocycles. The zero-order chi connectivity index (χ0) is 14.4. The second-order valence-electron chi connectivity index (χ2n) is 4.82. The van der Waals surface area contributed by atoms with E-state index in [4.69, 9.17) is 4.74 Å². The van der Waals surface area contributed by atoms with Crippen molar-refractivity contribution in [2.75, 3.05) is 13.7 Å². The van der Waals surface area contributed by atoms with Crippen LogP contribution in [0.15, 0.2) is 42.5 Å². The van der Waals surface area contributed by atoms with Crippen LogP contribution >= 0.6 is 0 Å². The molecule has 0 aliphatic rings. The second-order valence-corrected chi connectivity index (χ2v) is 4.82. The Hall–Kier alpha value is -2.00. The highest BCUT2D eigenvalue weighted by Crippen LogP contribution is 2.21. The van der Waals surface area contributed by atoms with E-state index in [0.717, 1.165) is 29.8 Å². The first-order chi connectivity index (χ1) is 9.72.